The molecule has 3 rings (SSSR count). The normalized spacial score (nSPS) is 19.9. The molecule has 4 nitrogen and oxygen atoms in total. The van der Waals surface area contributed by atoms with Crippen LogP contribution >= 0.6 is 0 Å². The van der Waals surface area contributed by atoms with E-state index in [1.807, 2.05) is 12.1 Å². The van der Waals surface area contributed by atoms with Gasteiger partial charge in [0.25, 0.3) is 0 Å². The molecule has 0 atom stereocenters. The number of rotatable bonds is 2. The van der Waals surface area contributed by atoms with E-state index < -0.39 is 5.41 Å². The molecule has 0 aliphatic carbocycles. The summed E-state index contributed by atoms with van der Waals surface area (Å²) >= 11 is 0. The Balaban J connectivity index is 1.93. The number of benzene rings is 1. The maximum absolute atomic E-state index is 12.3. The van der Waals surface area contributed by atoms with Gasteiger partial charge in [0.1, 0.15) is 5.75 Å². The second kappa shape index (κ2) is 4.11. The molecule has 18 heavy (non-hydrogen) atoms. The van der Waals surface area contributed by atoms with Crippen LogP contribution in [-0.4, -0.2) is 25.6 Å². The first-order chi connectivity index (χ1) is 8.75. The highest BCUT2D eigenvalue weighted by Gasteiger charge is 2.46. The van der Waals surface area contributed by atoms with Crippen LogP contribution in [0.5, 0.6) is 5.75 Å². The zero-order chi connectivity index (χ0) is 12.6. The monoisotopic (exact) mass is 243 g/mol. The Labute approximate surface area is 105 Å². The number of nitrogens with zero attached hydrogens (tertiary/aromatic N) is 1. The SMILES string of the molecule is N#CC1(C(=O)c2ccc3c(c2)CCCO3)COC1. The van der Waals surface area contributed by atoms with Crippen LogP contribution in [0, 0.1) is 16.7 Å². The van der Waals surface area contributed by atoms with Crippen LogP contribution in [0.25, 0.3) is 0 Å². The number of nitriles is 1. The summed E-state index contributed by atoms with van der Waals surface area (Å²) in [5, 5.41) is 9.13. The molecule has 1 fully saturated rings. The molecule has 0 saturated carbocycles. The molecule has 2 heterocycles. The van der Waals surface area contributed by atoms with Gasteiger partial charge in [0, 0.05) is 5.56 Å². The fraction of sp³-hybridized carbons (Fsp3) is 0.429. The zero-order valence-electron chi connectivity index (χ0n) is 9.94. The van der Waals surface area contributed by atoms with E-state index in [1.54, 1.807) is 6.07 Å². The molecule has 92 valence electrons. The van der Waals surface area contributed by atoms with Crippen molar-refractivity contribution in [2.24, 2.45) is 5.41 Å². The lowest BCUT2D eigenvalue weighted by Gasteiger charge is -2.33. The number of fused-ring (bicyclic) bond motifs is 1. The molecule has 1 aromatic rings. The summed E-state index contributed by atoms with van der Waals surface area (Å²) in [5.74, 6) is 0.721. The van der Waals surface area contributed by atoms with Crippen LogP contribution in [0.15, 0.2) is 18.2 Å². The summed E-state index contributed by atoms with van der Waals surface area (Å²) < 4.78 is 10.5. The van der Waals surface area contributed by atoms with E-state index in [0.29, 0.717) is 5.56 Å². The minimum absolute atomic E-state index is 0.135. The molecule has 1 saturated heterocycles. The fourth-order valence-electron chi connectivity index (χ4n) is 2.33. The van der Waals surface area contributed by atoms with Crippen molar-refractivity contribution in [3.05, 3.63) is 29.3 Å². The van der Waals surface area contributed by atoms with Crippen LogP contribution in [0.3, 0.4) is 0 Å². The second-order valence-electron chi connectivity index (χ2n) is 4.79. The van der Waals surface area contributed by atoms with Crippen LogP contribution in [0.1, 0.15) is 22.3 Å². The average molecular weight is 243 g/mol. The van der Waals surface area contributed by atoms with Gasteiger partial charge in [-0.2, -0.15) is 5.26 Å². The van der Waals surface area contributed by atoms with Gasteiger partial charge in [-0.05, 0) is 36.6 Å². The number of hydrogen-bond donors (Lipinski definition) is 0. The molecule has 0 bridgehead atoms. The van der Waals surface area contributed by atoms with Crippen LogP contribution in [-0.2, 0) is 11.2 Å². The van der Waals surface area contributed by atoms with E-state index in [9.17, 15) is 4.79 Å². The van der Waals surface area contributed by atoms with Gasteiger partial charge < -0.3 is 9.47 Å². The Kier molecular flexibility index (Phi) is 2.57. The largest absolute Gasteiger partial charge is 0.493 e. The number of hydrogen-bond acceptors (Lipinski definition) is 4. The number of ketones is 1. The molecular formula is C14H13NO3. The number of carbonyl (C=O) groups excluding carboxylic acids is 1. The third kappa shape index (κ3) is 1.59. The lowest BCUT2D eigenvalue weighted by molar-refractivity contribution is -0.0566. The zero-order valence-corrected chi connectivity index (χ0v) is 9.94. The van der Waals surface area contributed by atoms with Gasteiger partial charge in [0.15, 0.2) is 11.2 Å². The summed E-state index contributed by atoms with van der Waals surface area (Å²) in [6, 6.07) is 7.51. The summed E-state index contributed by atoms with van der Waals surface area (Å²) in [5.41, 5.74) is 0.675. The van der Waals surface area contributed by atoms with Crippen molar-refractivity contribution >= 4 is 5.78 Å². The fourth-order valence-corrected chi connectivity index (χ4v) is 2.33. The van der Waals surface area contributed by atoms with Crippen molar-refractivity contribution in [3.63, 3.8) is 0 Å². The van der Waals surface area contributed by atoms with Crippen molar-refractivity contribution < 1.29 is 14.3 Å². The van der Waals surface area contributed by atoms with Crippen molar-refractivity contribution in [2.45, 2.75) is 12.8 Å². The Morgan fingerprint density at radius 1 is 1.39 bits per heavy atom. The quantitative estimate of drug-likeness (QED) is 0.742. The van der Waals surface area contributed by atoms with E-state index in [-0.39, 0.29) is 19.0 Å². The molecule has 0 radical (unpaired) electrons. The summed E-state index contributed by atoms with van der Waals surface area (Å²) in [4.78, 5) is 12.3. The second-order valence-corrected chi connectivity index (χ2v) is 4.79. The first kappa shape index (κ1) is 11.2. The van der Waals surface area contributed by atoms with E-state index in [4.69, 9.17) is 14.7 Å². The van der Waals surface area contributed by atoms with Gasteiger partial charge in [0.2, 0.25) is 0 Å². The smallest absolute Gasteiger partial charge is 0.187 e. The molecule has 4 heteroatoms. The van der Waals surface area contributed by atoms with E-state index in [2.05, 4.69) is 6.07 Å². The minimum Gasteiger partial charge on any atom is -0.493 e. The van der Waals surface area contributed by atoms with Gasteiger partial charge in [-0.25, -0.2) is 0 Å². The Morgan fingerprint density at radius 2 is 2.22 bits per heavy atom. The lowest BCUT2D eigenvalue weighted by atomic mass is 9.79. The van der Waals surface area contributed by atoms with Crippen LogP contribution in [0.2, 0.25) is 0 Å². The predicted molar refractivity (Wildman–Crippen MR) is 63.5 cm³/mol. The van der Waals surface area contributed by atoms with Gasteiger partial charge in [-0.15, -0.1) is 0 Å². The predicted octanol–water partition coefficient (Wildman–Crippen LogP) is 1.73. The number of carbonyl (C=O) groups is 1. The number of Topliss-reactive ketones (excluding diaryl/α,β-unsaturated/α-hetero) is 1. The van der Waals surface area contributed by atoms with Gasteiger partial charge in [0.05, 0.1) is 25.9 Å². The molecule has 1 aromatic carbocycles. The first-order valence-corrected chi connectivity index (χ1v) is 6.05. The molecule has 2 aliphatic heterocycles. The maximum atomic E-state index is 12.3. The van der Waals surface area contributed by atoms with Crippen molar-refractivity contribution in [3.8, 4) is 11.8 Å². The highest BCUT2D eigenvalue weighted by atomic mass is 16.5. The van der Waals surface area contributed by atoms with E-state index in [1.165, 1.54) is 0 Å². The highest BCUT2D eigenvalue weighted by molar-refractivity contribution is 6.03. The number of aryl methyl sites for hydroxylation is 1. The topological polar surface area (TPSA) is 59.3 Å². The van der Waals surface area contributed by atoms with Crippen LogP contribution in [0.4, 0.5) is 0 Å². The van der Waals surface area contributed by atoms with Crippen molar-refractivity contribution in [1.82, 2.24) is 0 Å². The molecule has 0 amide bonds. The third-order valence-electron chi connectivity index (χ3n) is 3.52. The average Bonchev–Trinajstić information content (AvgIpc) is 2.37. The standard InChI is InChI=1S/C14H13NO3/c15-7-14(8-17-9-14)13(16)11-3-4-12-10(6-11)2-1-5-18-12/h3-4,6H,1-2,5,8-9H2. The maximum Gasteiger partial charge on any atom is 0.187 e. The Bertz CT molecular complexity index is 540. The summed E-state index contributed by atoms with van der Waals surface area (Å²) in [6.07, 6.45) is 1.89. The van der Waals surface area contributed by atoms with E-state index >= 15 is 0 Å². The summed E-state index contributed by atoms with van der Waals surface area (Å²) in [7, 11) is 0. The van der Waals surface area contributed by atoms with E-state index in [0.717, 1.165) is 30.8 Å². The molecule has 0 N–H and O–H groups in total. The molecule has 0 aromatic heterocycles. The molecule has 2 aliphatic rings. The number of ether oxygens (including phenoxy) is 2. The Morgan fingerprint density at radius 3 is 2.89 bits per heavy atom. The van der Waals surface area contributed by atoms with Gasteiger partial charge in [-0.3, -0.25) is 4.79 Å². The first-order valence-electron chi connectivity index (χ1n) is 6.05. The summed E-state index contributed by atoms with van der Waals surface area (Å²) in [6.45, 7) is 1.14. The van der Waals surface area contributed by atoms with Crippen molar-refractivity contribution in [1.29, 1.82) is 5.26 Å². The van der Waals surface area contributed by atoms with Gasteiger partial charge >= 0.3 is 0 Å². The van der Waals surface area contributed by atoms with Crippen molar-refractivity contribution in [2.75, 3.05) is 19.8 Å². The highest BCUT2D eigenvalue weighted by Crippen LogP contribution is 2.33. The molecule has 0 unspecified atom stereocenters. The van der Waals surface area contributed by atoms with Crippen LogP contribution < -0.4 is 4.74 Å². The molecular weight excluding hydrogens is 230 g/mol. The lowest BCUT2D eigenvalue weighted by Crippen LogP contribution is -2.47. The van der Waals surface area contributed by atoms with Gasteiger partial charge in [-0.1, -0.05) is 0 Å². The molecule has 0 spiro atoms. The third-order valence-corrected chi connectivity index (χ3v) is 3.52. The Hall–Kier alpha value is -1.86. The minimum atomic E-state index is -0.968.